The number of rotatable bonds is 4. The third kappa shape index (κ3) is 4.43. The van der Waals surface area contributed by atoms with E-state index < -0.39 is 0 Å². The number of hydrogen-bond donors (Lipinski definition) is 1. The van der Waals surface area contributed by atoms with Crippen LogP contribution in [0.15, 0.2) is 36.4 Å². The molecule has 2 aliphatic rings. The molecule has 3 nitrogen and oxygen atoms in total. The van der Waals surface area contributed by atoms with Crippen molar-refractivity contribution >= 4 is 0 Å². The number of benzene rings is 2. The number of methoxy groups -OCH3 is 2. The second-order valence-corrected chi connectivity index (χ2v) is 8.14. The highest BCUT2D eigenvalue weighted by molar-refractivity contribution is 5.54. The Bertz CT molecular complexity index is 903. The van der Waals surface area contributed by atoms with E-state index in [0.29, 0.717) is 0 Å². The van der Waals surface area contributed by atoms with Gasteiger partial charge in [-0.15, -0.1) is 0 Å². The number of ether oxygens (including phenoxy) is 2. The summed E-state index contributed by atoms with van der Waals surface area (Å²) in [5.41, 5.74) is 4.95. The number of hydrogen-bond acceptors (Lipinski definition) is 3. The average molecular weight is 390 g/mol. The van der Waals surface area contributed by atoms with Crippen molar-refractivity contribution in [3.63, 3.8) is 0 Å². The minimum Gasteiger partial charge on any atom is -0.493 e. The third-order valence-electron chi connectivity index (χ3n) is 6.31. The summed E-state index contributed by atoms with van der Waals surface area (Å²) in [6, 6.07) is 12.9. The van der Waals surface area contributed by atoms with Crippen LogP contribution >= 0.6 is 0 Å². The highest BCUT2D eigenvalue weighted by Crippen LogP contribution is 2.38. The van der Waals surface area contributed by atoms with Gasteiger partial charge < -0.3 is 14.8 Å². The Balaban J connectivity index is 1.63. The molecule has 0 spiro atoms. The van der Waals surface area contributed by atoms with Crippen LogP contribution in [0, 0.1) is 17.8 Å². The van der Waals surface area contributed by atoms with E-state index in [9.17, 15) is 0 Å². The summed E-state index contributed by atoms with van der Waals surface area (Å²) >= 11 is 0. The first-order chi connectivity index (χ1) is 14.3. The Morgan fingerprint density at radius 1 is 0.966 bits per heavy atom. The van der Waals surface area contributed by atoms with Crippen LogP contribution in [-0.2, 0) is 6.42 Å². The lowest BCUT2D eigenvalue weighted by Gasteiger charge is -2.29. The van der Waals surface area contributed by atoms with Gasteiger partial charge in [0.25, 0.3) is 0 Å². The van der Waals surface area contributed by atoms with Crippen LogP contribution < -0.4 is 14.8 Å². The van der Waals surface area contributed by atoms with Crippen LogP contribution in [0.2, 0.25) is 0 Å². The molecule has 29 heavy (non-hydrogen) atoms. The van der Waals surface area contributed by atoms with Gasteiger partial charge in [-0.25, -0.2) is 0 Å². The Hall–Kier alpha value is -2.44. The monoisotopic (exact) mass is 389 g/mol. The van der Waals surface area contributed by atoms with Gasteiger partial charge in [0.05, 0.1) is 20.3 Å². The van der Waals surface area contributed by atoms with Crippen molar-refractivity contribution in [2.75, 3.05) is 20.8 Å². The van der Waals surface area contributed by atoms with Gasteiger partial charge in [0, 0.05) is 18.5 Å². The van der Waals surface area contributed by atoms with Gasteiger partial charge in [0.2, 0.25) is 0 Å². The first kappa shape index (κ1) is 19.9. The van der Waals surface area contributed by atoms with Crippen molar-refractivity contribution in [2.45, 2.75) is 51.0 Å². The van der Waals surface area contributed by atoms with Crippen molar-refractivity contribution in [3.8, 4) is 23.3 Å². The molecule has 1 saturated carbocycles. The molecule has 1 aliphatic heterocycles. The maximum atomic E-state index is 5.57. The Morgan fingerprint density at radius 2 is 1.72 bits per heavy atom. The minimum absolute atomic E-state index is 0.124. The number of nitrogens with one attached hydrogen (secondary N) is 1. The van der Waals surface area contributed by atoms with E-state index >= 15 is 0 Å². The molecule has 0 bridgehead atoms. The van der Waals surface area contributed by atoms with E-state index in [2.05, 4.69) is 53.6 Å². The quantitative estimate of drug-likeness (QED) is 0.724. The lowest BCUT2D eigenvalue weighted by Crippen LogP contribution is -2.31. The van der Waals surface area contributed by atoms with Gasteiger partial charge in [0.15, 0.2) is 11.5 Å². The number of fused-ring (bicyclic) bond motifs is 1. The topological polar surface area (TPSA) is 30.5 Å². The van der Waals surface area contributed by atoms with Gasteiger partial charge >= 0.3 is 0 Å². The second kappa shape index (κ2) is 9.37. The molecular weight excluding hydrogens is 358 g/mol. The van der Waals surface area contributed by atoms with Crippen LogP contribution in [0.3, 0.4) is 0 Å². The second-order valence-electron chi connectivity index (χ2n) is 8.14. The predicted octanol–water partition coefficient (Wildman–Crippen LogP) is 5.26. The first-order valence-corrected chi connectivity index (χ1v) is 10.9. The van der Waals surface area contributed by atoms with Gasteiger partial charge in [-0.1, -0.05) is 49.3 Å². The Kier molecular flexibility index (Phi) is 6.42. The van der Waals surface area contributed by atoms with E-state index in [-0.39, 0.29) is 6.04 Å². The van der Waals surface area contributed by atoms with Crippen LogP contribution in [-0.4, -0.2) is 20.8 Å². The standard InChI is InChI=1S/C26H31NO2/c1-28-24-17-21-15-16-27-26(23(21)18-25(24)29-2)22-14-7-6-12-20(22)13-8-11-19-9-4-3-5-10-19/h6-7,12,14,17-19,26-27H,3-5,9-11,15-16H2,1-2H3. The molecule has 0 saturated heterocycles. The summed E-state index contributed by atoms with van der Waals surface area (Å²) in [5, 5.41) is 3.70. The van der Waals surface area contributed by atoms with Crippen LogP contribution in [0.25, 0.3) is 0 Å². The lowest BCUT2D eigenvalue weighted by molar-refractivity contribution is 0.353. The van der Waals surface area contributed by atoms with Crippen LogP contribution in [0.5, 0.6) is 11.5 Å². The Morgan fingerprint density at radius 3 is 2.52 bits per heavy atom. The highest BCUT2D eigenvalue weighted by atomic mass is 16.5. The van der Waals surface area contributed by atoms with Crippen LogP contribution in [0.1, 0.15) is 66.8 Å². The first-order valence-electron chi connectivity index (χ1n) is 10.9. The van der Waals surface area contributed by atoms with Crippen molar-refractivity contribution in [3.05, 3.63) is 58.7 Å². The van der Waals surface area contributed by atoms with Gasteiger partial charge in [-0.2, -0.15) is 0 Å². The summed E-state index contributed by atoms with van der Waals surface area (Å²) in [5.74, 6) is 9.35. The van der Waals surface area contributed by atoms with Gasteiger partial charge in [-0.05, 0) is 60.1 Å². The van der Waals surface area contributed by atoms with Crippen LogP contribution in [0.4, 0.5) is 0 Å². The fourth-order valence-electron chi connectivity index (χ4n) is 4.71. The smallest absolute Gasteiger partial charge is 0.161 e. The molecule has 152 valence electrons. The normalized spacial score (nSPS) is 19.0. The molecule has 2 aromatic rings. The molecule has 0 aromatic heterocycles. The van der Waals surface area contributed by atoms with Gasteiger partial charge in [-0.3, -0.25) is 0 Å². The summed E-state index contributed by atoms with van der Waals surface area (Å²) in [7, 11) is 3.39. The highest BCUT2D eigenvalue weighted by Gasteiger charge is 2.25. The third-order valence-corrected chi connectivity index (χ3v) is 6.31. The largest absolute Gasteiger partial charge is 0.493 e. The lowest BCUT2D eigenvalue weighted by atomic mass is 9.86. The van der Waals surface area contributed by atoms with E-state index in [1.54, 1.807) is 14.2 Å². The summed E-state index contributed by atoms with van der Waals surface area (Å²) in [6.07, 6.45) is 8.84. The summed E-state index contributed by atoms with van der Waals surface area (Å²) in [4.78, 5) is 0. The molecule has 1 heterocycles. The van der Waals surface area contributed by atoms with E-state index in [1.807, 2.05) is 0 Å². The zero-order valence-corrected chi connectivity index (χ0v) is 17.6. The summed E-state index contributed by atoms with van der Waals surface area (Å²) < 4.78 is 11.1. The molecule has 4 rings (SSSR count). The zero-order valence-electron chi connectivity index (χ0n) is 17.6. The summed E-state index contributed by atoms with van der Waals surface area (Å²) in [6.45, 7) is 0.941. The zero-order chi connectivity index (χ0) is 20.1. The molecule has 1 aliphatic carbocycles. The van der Waals surface area contributed by atoms with E-state index in [4.69, 9.17) is 9.47 Å². The molecule has 0 amide bonds. The van der Waals surface area contributed by atoms with Crippen molar-refractivity contribution in [2.24, 2.45) is 5.92 Å². The molecule has 0 radical (unpaired) electrons. The molecule has 1 atom stereocenters. The molecule has 2 aromatic carbocycles. The maximum absolute atomic E-state index is 5.57. The predicted molar refractivity (Wildman–Crippen MR) is 118 cm³/mol. The van der Waals surface area contributed by atoms with E-state index in [1.165, 1.54) is 48.8 Å². The average Bonchev–Trinajstić information content (AvgIpc) is 2.78. The molecule has 1 unspecified atom stereocenters. The maximum Gasteiger partial charge on any atom is 0.161 e. The molecule has 3 heteroatoms. The molecule has 1 fully saturated rings. The molecular formula is C26H31NO2. The van der Waals surface area contributed by atoms with E-state index in [0.717, 1.165) is 42.4 Å². The fraction of sp³-hybridized carbons (Fsp3) is 0.462. The molecule has 1 N–H and O–H groups in total. The fourth-order valence-corrected chi connectivity index (χ4v) is 4.71. The van der Waals surface area contributed by atoms with Crippen molar-refractivity contribution in [1.82, 2.24) is 5.32 Å². The Labute approximate surface area is 174 Å². The van der Waals surface area contributed by atoms with Gasteiger partial charge in [0.1, 0.15) is 0 Å². The SMILES string of the molecule is COc1cc2c(cc1OC)C(c1ccccc1C#CCC1CCCCC1)NCC2. The minimum atomic E-state index is 0.124. The van der Waals surface area contributed by atoms with Crippen molar-refractivity contribution < 1.29 is 9.47 Å². The van der Waals surface area contributed by atoms with Crippen molar-refractivity contribution in [1.29, 1.82) is 0 Å².